The molecular formula is C26H25ClN4O3. The number of benzene rings is 2. The van der Waals surface area contributed by atoms with Crippen LogP contribution in [0.4, 0.5) is 16.2 Å². The lowest BCUT2D eigenvalue weighted by Gasteiger charge is -2.26. The van der Waals surface area contributed by atoms with Gasteiger partial charge in [-0.2, -0.15) is 0 Å². The average Bonchev–Trinajstić information content (AvgIpc) is 3.06. The third-order valence-electron chi connectivity index (χ3n) is 5.91. The Morgan fingerprint density at radius 1 is 0.912 bits per heavy atom. The van der Waals surface area contributed by atoms with Crippen molar-refractivity contribution in [2.45, 2.75) is 20.8 Å². The summed E-state index contributed by atoms with van der Waals surface area (Å²) in [6.45, 7) is 5.71. The number of halogens is 1. The van der Waals surface area contributed by atoms with E-state index in [-0.39, 0.29) is 5.57 Å². The van der Waals surface area contributed by atoms with Gasteiger partial charge in [0.1, 0.15) is 5.57 Å². The topological polar surface area (TPSA) is 74.7 Å². The van der Waals surface area contributed by atoms with Crippen molar-refractivity contribution in [2.75, 3.05) is 23.9 Å². The maximum absolute atomic E-state index is 13.2. The van der Waals surface area contributed by atoms with E-state index >= 15 is 0 Å². The third kappa shape index (κ3) is 4.10. The maximum atomic E-state index is 13.2. The van der Waals surface area contributed by atoms with Crippen molar-refractivity contribution in [1.82, 2.24) is 9.88 Å². The predicted octanol–water partition coefficient (Wildman–Crippen LogP) is 4.79. The van der Waals surface area contributed by atoms with Crippen molar-refractivity contribution in [2.24, 2.45) is 0 Å². The zero-order chi connectivity index (χ0) is 24.7. The number of aromatic nitrogens is 1. The van der Waals surface area contributed by atoms with Crippen LogP contribution in [-0.2, 0) is 9.59 Å². The molecule has 1 N–H and O–H groups in total. The Morgan fingerprint density at radius 2 is 1.56 bits per heavy atom. The second-order valence-corrected chi connectivity index (χ2v) is 8.87. The number of barbiturate groups is 1. The summed E-state index contributed by atoms with van der Waals surface area (Å²) in [6, 6.07) is 14.1. The molecule has 2 aromatic carbocycles. The van der Waals surface area contributed by atoms with Crippen LogP contribution >= 0.6 is 11.6 Å². The number of amides is 4. The highest BCUT2D eigenvalue weighted by atomic mass is 35.5. The fourth-order valence-electron chi connectivity index (χ4n) is 4.00. The molecule has 7 nitrogen and oxygen atoms in total. The largest absolute Gasteiger partial charge is 0.378 e. The van der Waals surface area contributed by atoms with Gasteiger partial charge in [-0.05, 0) is 80.4 Å². The monoisotopic (exact) mass is 476 g/mol. The van der Waals surface area contributed by atoms with Crippen molar-refractivity contribution < 1.29 is 14.4 Å². The SMILES string of the molecule is Cc1ccc(N2C(=O)NC(=O)/C(=C/c3cc(C)n(-c4ccc(N(C)C)cc4)c3C)C2=O)cc1Cl. The van der Waals surface area contributed by atoms with E-state index in [1.165, 1.54) is 12.1 Å². The van der Waals surface area contributed by atoms with Crippen molar-refractivity contribution in [3.05, 3.63) is 81.6 Å². The number of imide groups is 2. The van der Waals surface area contributed by atoms with Gasteiger partial charge in [-0.15, -0.1) is 0 Å². The number of anilines is 2. The summed E-state index contributed by atoms with van der Waals surface area (Å²) < 4.78 is 2.06. The molecule has 0 spiro atoms. The Bertz CT molecular complexity index is 1350. The van der Waals surface area contributed by atoms with E-state index in [2.05, 4.69) is 9.88 Å². The van der Waals surface area contributed by atoms with Gasteiger partial charge >= 0.3 is 6.03 Å². The second-order valence-electron chi connectivity index (χ2n) is 8.46. The Morgan fingerprint density at radius 3 is 2.18 bits per heavy atom. The lowest BCUT2D eigenvalue weighted by atomic mass is 10.1. The number of hydrogen-bond acceptors (Lipinski definition) is 4. The van der Waals surface area contributed by atoms with Gasteiger partial charge < -0.3 is 9.47 Å². The van der Waals surface area contributed by atoms with Gasteiger partial charge in [-0.3, -0.25) is 14.9 Å². The number of nitrogens with zero attached hydrogens (tertiary/aromatic N) is 3. The van der Waals surface area contributed by atoms with E-state index in [1.807, 2.05) is 70.1 Å². The van der Waals surface area contributed by atoms with E-state index in [4.69, 9.17) is 11.6 Å². The lowest BCUT2D eigenvalue weighted by Crippen LogP contribution is -2.54. The number of nitrogens with one attached hydrogen (secondary N) is 1. The van der Waals surface area contributed by atoms with Gasteiger partial charge in [0, 0.05) is 41.9 Å². The summed E-state index contributed by atoms with van der Waals surface area (Å²) in [5, 5.41) is 2.68. The summed E-state index contributed by atoms with van der Waals surface area (Å²) >= 11 is 6.19. The lowest BCUT2D eigenvalue weighted by molar-refractivity contribution is -0.122. The fourth-order valence-corrected chi connectivity index (χ4v) is 4.17. The van der Waals surface area contributed by atoms with Gasteiger partial charge in [0.25, 0.3) is 11.8 Å². The first-order valence-corrected chi connectivity index (χ1v) is 11.1. The molecule has 3 aromatic rings. The van der Waals surface area contributed by atoms with Gasteiger partial charge in [-0.1, -0.05) is 17.7 Å². The van der Waals surface area contributed by atoms with Crippen LogP contribution in [0.5, 0.6) is 0 Å². The van der Waals surface area contributed by atoms with E-state index in [9.17, 15) is 14.4 Å². The molecule has 0 atom stereocenters. The van der Waals surface area contributed by atoms with Crippen LogP contribution in [0.25, 0.3) is 11.8 Å². The van der Waals surface area contributed by atoms with Gasteiger partial charge in [0.05, 0.1) is 5.69 Å². The van der Waals surface area contributed by atoms with Crippen molar-refractivity contribution in [1.29, 1.82) is 0 Å². The zero-order valence-corrected chi connectivity index (χ0v) is 20.4. The summed E-state index contributed by atoms with van der Waals surface area (Å²) in [7, 11) is 3.96. The Labute approximate surface area is 203 Å². The molecule has 4 amide bonds. The number of hydrogen-bond donors (Lipinski definition) is 1. The van der Waals surface area contributed by atoms with Crippen LogP contribution in [0.3, 0.4) is 0 Å². The second kappa shape index (κ2) is 8.83. The number of aryl methyl sites for hydroxylation is 2. The smallest absolute Gasteiger partial charge is 0.335 e. The molecule has 1 saturated heterocycles. The minimum atomic E-state index is -0.807. The molecule has 8 heteroatoms. The first-order valence-electron chi connectivity index (χ1n) is 10.7. The standard InChI is InChI=1S/C26H25ClN4O3/c1-15-6-7-21(14-23(15)27)31-25(33)22(24(32)28-26(31)34)13-18-12-16(2)30(17(18)3)20-10-8-19(9-11-20)29(4)5/h6-14H,1-5H3,(H,28,32,34)/b22-13-. The molecule has 0 saturated carbocycles. The Hall–Kier alpha value is -3.84. The van der Waals surface area contributed by atoms with Crippen LogP contribution in [0.15, 0.2) is 54.1 Å². The van der Waals surface area contributed by atoms with Crippen LogP contribution < -0.4 is 15.1 Å². The maximum Gasteiger partial charge on any atom is 0.335 e. The molecule has 1 fully saturated rings. The first-order chi connectivity index (χ1) is 16.1. The minimum absolute atomic E-state index is 0.125. The molecule has 0 aliphatic carbocycles. The first kappa shape index (κ1) is 23.3. The average molecular weight is 477 g/mol. The van der Waals surface area contributed by atoms with Crippen LogP contribution in [0.2, 0.25) is 5.02 Å². The highest BCUT2D eigenvalue weighted by molar-refractivity contribution is 6.39. The van der Waals surface area contributed by atoms with Crippen LogP contribution in [-0.4, -0.2) is 36.5 Å². The van der Waals surface area contributed by atoms with Gasteiger partial charge in [0.15, 0.2) is 0 Å². The van der Waals surface area contributed by atoms with E-state index in [0.29, 0.717) is 16.3 Å². The zero-order valence-electron chi connectivity index (χ0n) is 19.6. The van der Waals surface area contributed by atoms with Crippen molar-refractivity contribution in [3.8, 4) is 5.69 Å². The fraction of sp³-hybridized carbons (Fsp3) is 0.192. The van der Waals surface area contributed by atoms with Gasteiger partial charge in [-0.25, -0.2) is 9.69 Å². The summed E-state index contributed by atoms with van der Waals surface area (Å²) in [6.07, 6.45) is 1.53. The predicted molar refractivity (Wildman–Crippen MR) is 135 cm³/mol. The highest BCUT2D eigenvalue weighted by Gasteiger charge is 2.37. The molecule has 0 bridgehead atoms. The van der Waals surface area contributed by atoms with E-state index in [1.54, 1.807) is 12.1 Å². The van der Waals surface area contributed by atoms with Crippen LogP contribution in [0, 0.1) is 20.8 Å². The third-order valence-corrected chi connectivity index (χ3v) is 6.32. The molecule has 1 aliphatic rings. The molecule has 0 radical (unpaired) electrons. The number of urea groups is 1. The number of carbonyl (C=O) groups is 3. The molecule has 1 aromatic heterocycles. The number of carbonyl (C=O) groups excluding carboxylic acids is 3. The van der Waals surface area contributed by atoms with Crippen LogP contribution in [0.1, 0.15) is 22.5 Å². The van der Waals surface area contributed by atoms with E-state index in [0.717, 1.165) is 33.2 Å². The minimum Gasteiger partial charge on any atom is -0.378 e. The highest BCUT2D eigenvalue weighted by Crippen LogP contribution is 2.28. The van der Waals surface area contributed by atoms with Gasteiger partial charge in [0.2, 0.25) is 0 Å². The summed E-state index contributed by atoms with van der Waals surface area (Å²) in [4.78, 5) is 41.3. The summed E-state index contributed by atoms with van der Waals surface area (Å²) in [5.41, 5.74) is 5.56. The quantitative estimate of drug-likeness (QED) is 0.434. The van der Waals surface area contributed by atoms with E-state index < -0.39 is 17.8 Å². The molecule has 0 unspecified atom stereocenters. The molecule has 174 valence electrons. The molecule has 2 heterocycles. The van der Waals surface area contributed by atoms with Crippen molar-refractivity contribution >= 4 is 46.9 Å². The molecule has 34 heavy (non-hydrogen) atoms. The normalized spacial score (nSPS) is 15.2. The molecule has 1 aliphatic heterocycles. The summed E-state index contributed by atoms with van der Waals surface area (Å²) in [5.74, 6) is -1.43. The molecular weight excluding hydrogens is 452 g/mol. The molecule has 4 rings (SSSR count). The Balaban J connectivity index is 1.73. The number of rotatable bonds is 4. The van der Waals surface area contributed by atoms with Crippen molar-refractivity contribution in [3.63, 3.8) is 0 Å². The Kier molecular flexibility index (Phi) is 6.06.